The van der Waals surface area contributed by atoms with Crippen LogP contribution in [0.5, 0.6) is 0 Å². The number of hydrogen-bond acceptors (Lipinski definition) is 3. The van der Waals surface area contributed by atoms with Gasteiger partial charge in [0.05, 0.1) is 9.26 Å². The van der Waals surface area contributed by atoms with Gasteiger partial charge in [0.1, 0.15) is 6.33 Å². The van der Waals surface area contributed by atoms with Crippen LogP contribution in [0.1, 0.15) is 25.5 Å². The Balaban J connectivity index is 2.58. The molecule has 4 heteroatoms. The first-order valence-corrected chi connectivity index (χ1v) is 5.52. The van der Waals surface area contributed by atoms with Gasteiger partial charge >= 0.3 is 0 Å². The van der Waals surface area contributed by atoms with Gasteiger partial charge in [0.15, 0.2) is 0 Å². The smallest absolute Gasteiger partial charge is 0.115 e. The van der Waals surface area contributed by atoms with E-state index in [-0.39, 0.29) is 6.04 Å². The van der Waals surface area contributed by atoms with E-state index in [2.05, 4.69) is 39.5 Å². The first kappa shape index (κ1) is 10.8. The van der Waals surface area contributed by atoms with Crippen molar-refractivity contribution < 1.29 is 0 Å². The Kier molecular flexibility index (Phi) is 4.58. The van der Waals surface area contributed by atoms with E-state index in [1.165, 1.54) is 0 Å². The van der Waals surface area contributed by atoms with Gasteiger partial charge in [0.25, 0.3) is 0 Å². The molecular formula is C9H14IN3. The van der Waals surface area contributed by atoms with E-state index < -0.39 is 0 Å². The molecule has 1 unspecified atom stereocenters. The fourth-order valence-corrected chi connectivity index (χ4v) is 1.73. The van der Waals surface area contributed by atoms with Crippen LogP contribution in [-0.2, 0) is 6.42 Å². The van der Waals surface area contributed by atoms with E-state index >= 15 is 0 Å². The zero-order valence-electron chi connectivity index (χ0n) is 7.70. The van der Waals surface area contributed by atoms with E-state index in [9.17, 15) is 0 Å². The maximum absolute atomic E-state index is 5.92. The van der Waals surface area contributed by atoms with Crippen molar-refractivity contribution in [2.75, 3.05) is 0 Å². The number of hydrogen-bond donors (Lipinski definition) is 1. The largest absolute Gasteiger partial charge is 0.327 e. The van der Waals surface area contributed by atoms with Crippen LogP contribution < -0.4 is 5.73 Å². The fraction of sp³-hybridized carbons (Fsp3) is 0.556. The van der Waals surface area contributed by atoms with E-state index in [1.54, 1.807) is 6.33 Å². The highest BCUT2D eigenvalue weighted by molar-refractivity contribution is 14.1. The summed E-state index contributed by atoms with van der Waals surface area (Å²) in [5, 5.41) is 0. The second kappa shape index (κ2) is 5.49. The van der Waals surface area contributed by atoms with Crippen LogP contribution in [0, 0.1) is 3.57 Å². The van der Waals surface area contributed by atoms with Crippen LogP contribution in [0.15, 0.2) is 12.5 Å². The topological polar surface area (TPSA) is 51.8 Å². The van der Waals surface area contributed by atoms with Gasteiger partial charge in [-0.25, -0.2) is 9.97 Å². The summed E-state index contributed by atoms with van der Waals surface area (Å²) in [4.78, 5) is 8.14. The zero-order valence-corrected chi connectivity index (χ0v) is 9.86. The second-order valence-corrected chi connectivity index (χ2v) is 4.23. The molecule has 3 nitrogen and oxygen atoms in total. The summed E-state index contributed by atoms with van der Waals surface area (Å²) in [6.07, 6.45) is 6.44. The van der Waals surface area contributed by atoms with Crippen LogP contribution in [0.3, 0.4) is 0 Å². The number of nitrogens with two attached hydrogens (primary N) is 1. The van der Waals surface area contributed by atoms with Crippen LogP contribution in [0.25, 0.3) is 0 Å². The molecule has 0 aliphatic heterocycles. The number of halogens is 1. The molecule has 0 saturated heterocycles. The summed E-state index contributed by atoms with van der Waals surface area (Å²) in [7, 11) is 0. The molecule has 0 radical (unpaired) electrons. The lowest BCUT2D eigenvalue weighted by atomic mass is 10.1. The molecule has 0 fully saturated rings. The summed E-state index contributed by atoms with van der Waals surface area (Å²) >= 11 is 2.24. The number of aromatic nitrogens is 2. The average Bonchev–Trinajstić information content (AvgIpc) is 2.09. The summed E-state index contributed by atoms with van der Waals surface area (Å²) in [5.41, 5.74) is 6.99. The normalized spacial score (nSPS) is 12.8. The van der Waals surface area contributed by atoms with Crippen molar-refractivity contribution >= 4 is 22.6 Å². The average molecular weight is 291 g/mol. The standard InChI is InChI=1S/C9H14IN3/c1-2-3-7(11)4-9-8(10)5-12-6-13-9/h5-7H,2-4,11H2,1H3. The van der Waals surface area contributed by atoms with E-state index in [1.807, 2.05) is 6.20 Å². The van der Waals surface area contributed by atoms with Crippen molar-refractivity contribution in [3.05, 3.63) is 21.8 Å². The van der Waals surface area contributed by atoms with Gasteiger partial charge in [-0.2, -0.15) is 0 Å². The molecule has 0 aliphatic rings. The highest BCUT2D eigenvalue weighted by Gasteiger charge is 2.06. The second-order valence-electron chi connectivity index (χ2n) is 3.07. The summed E-state index contributed by atoms with van der Waals surface area (Å²) in [6, 6.07) is 0.230. The molecule has 0 bridgehead atoms. The van der Waals surface area contributed by atoms with Crippen molar-refractivity contribution in [3.8, 4) is 0 Å². The van der Waals surface area contributed by atoms with Gasteiger partial charge in [-0.05, 0) is 29.0 Å². The van der Waals surface area contributed by atoms with Gasteiger partial charge < -0.3 is 5.73 Å². The van der Waals surface area contributed by atoms with Crippen molar-refractivity contribution in [2.45, 2.75) is 32.2 Å². The maximum Gasteiger partial charge on any atom is 0.115 e. The first-order chi connectivity index (χ1) is 6.24. The van der Waals surface area contributed by atoms with Crippen molar-refractivity contribution in [1.82, 2.24) is 9.97 Å². The molecule has 0 aromatic carbocycles. The quantitative estimate of drug-likeness (QED) is 0.860. The van der Waals surface area contributed by atoms with Crippen molar-refractivity contribution in [2.24, 2.45) is 5.73 Å². The highest BCUT2D eigenvalue weighted by atomic mass is 127. The molecule has 1 heterocycles. The predicted molar refractivity (Wildman–Crippen MR) is 61.3 cm³/mol. The van der Waals surface area contributed by atoms with Gasteiger partial charge in [-0.1, -0.05) is 13.3 Å². The molecule has 1 aromatic rings. The molecule has 0 aliphatic carbocycles. The molecule has 0 amide bonds. The van der Waals surface area contributed by atoms with Crippen LogP contribution in [0.4, 0.5) is 0 Å². The highest BCUT2D eigenvalue weighted by Crippen LogP contribution is 2.10. The monoisotopic (exact) mass is 291 g/mol. The SMILES string of the molecule is CCCC(N)Cc1ncncc1I. The summed E-state index contributed by atoms with van der Waals surface area (Å²) in [5.74, 6) is 0. The molecule has 2 N–H and O–H groups in total. The molecule has 72 valence electrons. The van der Waals surface area contributed by atoms with Crippen molar-refractivity contribution in [1.29, 1.82) is 0 Å². The molecule has 0 spiro atoms. The Morgan fingerprint density at radius 3 is 3.00 bits per heavy atom. The van der Waals surface area contributed by atoms with Gasteiger partial charge in [-0.3, -0.25) is 0 Å². The maximum atomic E-state index is 5.92. The van der Waals surface area contributed by atoms with Crippen LogP contribution >= 0.6 is 22.6 Å². The van der Waals surface area contributed by atoms with E-state index in [0.717, 1.165) is 28.5 Å². The fourth-order valence-electron chi connectivity index (χ4n) is 1.21. The van der Waals surface area contributed by atoms with Gasteiger partial charge in [-0.15, -0.1) is 0 Å². The minimum absolute atomic E-state index is 0.230. The Hall–Kier alpha value is -0.230. The lowest BCUT2D eigenvalue weighted by Crippen LogP contribution is -2.23. The van der Waals surface area contributed by atoms with Gasteiger partial charge in [0.2, 0.25) is 0 Å². The third kappa shape index (κ3) is 3.56. The lowest BCUT2D eigenvalue weighted by molar-refractivity contribution is 0.591. The first-order valence-electron chi connectivity index (χ1n) is 4.44. The van der Waals surface area contributed by atoms with Crippen molar-refractivity contribution in [3.63, 3.8) is 0 Å². The van der Waals surface area contributed by atoms with E-state index in [4.69, 9.17) is 5.73 Å². The minimum atomic E-state index is 0.230. The van der Waals surface area contributed by atoms with E-state index in [0.29, 0.717) is 0 Å². The molecule has 13 heavy (non-hydrogen) atoms. The Morgan fingerprint density at radius 2 is 2.38 bits per heavy atom. The molecule has 1 rings (SSSR count). The Bertz CT molecular complexity index is 265. The molecule has 1 aromatic heterocycles. The van der Waals surface area contributed by atoms with Crippen LogP contribution in [-0.4, -0.2) is 16.0 Å². The molecule has 1 atom stereocenters. The predicted octanol–water partition coefficient (Wildman–Crippen LogP) is 1.75. The summed E-state index contributed by atoms with van der Waals surface area (Å²) in [6.45, 7) is 2.14. The van der Waals surface area contributed by atoms with Crippen LogP contribution in [0.2, 0.25) is 0 Å². The number of nitrogens with zero attached hydrogens (tertiary/aromatic N) is 2. The van der Waals surface area contributed by atoms with Gasteiger partial charge in [0, 0.05) is 18.7 Å². The minimum Gasteiger partial charge on any atom is -0.327 e. The lowest BCUT2D eigenvalue weighted by Gasteiger charge is -2.09. The molecule has 0 saturated carbocycles. The third-order valence-corrected chi connectivity index (χ3v) is 2.76. The zero-order chi connectivity index (χ0) is 9.68. The summed E-state index contributed by atoms with van der Waals surface area (Å²) < 4.78 is 1.10. The Labute approximate surface area is 92.3 Å². The molecular weight excluding hydrogens is 277 g/mol. The number of rotatable bonds is 4. The Morgan fingerprint density at radius 1 is 1.62 bits per heavy atom. The third-order valence-electron chi connectivity index (χ3n) is 1.86.